The maximum Gasteiger partial charge on any atom is 0.148 e. The predicted octanol–water partition coefficient (Wildman–Crippen LogP) is 3.35. The van der Waals surface area contributed by atoms with Crippen molar-refractivity contribution in [2.24, 2.45) is 0 Å². The monoisotopic (exact) mass is 291 g/mol. The van der Waals surface area contributed by atoms with Gasteiger partial charge in [0.25, 0.3) is 0 Å². The molecule has 0 aliphatic heterocycles. The molecule has 0 radical (unpaired) electrons. The minimum Gasteiger partial charge on any atom is -0.390 e. The molecular weight excluding hydrogens is 282 g/mol. The number of aromatic nitrogens is 3. The highest BCUT2D eigenvalue weighted by molar-refractivity contribution is 7.19. The van der Waals surface area contributed by atoms with Gasteiger partial charge in [-0.25, -0.2) is 4.98 Å². The largest absolute Gasteiger partial charge is 0.390 e. The van der Waals surface area contributed by atoms with E-state index in [-0.39, 0.29) is 6.61 Å². The third kappa shape index (κ3) is 2.40. The van der Waals surface area contributed by atoms with E-state index in [0.717, 1.165) is 16.1 Å². The molecule has 3 rings (SSSR count). The second-order valence-corrected chi connectivity index (χ2v) is 5.63. The zero-order valence-electron chi connectivity index (χ0n) is 9.80. The van der Waals surface area contributed by atoms with Crippen LogP contribution in [0.4, 0.5) is 0 Å². The summed E-state index contributed by atoms with van der Waals surface area (Å²) in [6, 6.07) is 7.48. The summed E-state index contributed by atoms with van der Waals surface area (Å²) in [4.78, 5) is 12.7. The van der Waals surface area contributed by atoms with Gasteiger partial charge in [-0.2, -0.15) is 0 Å². The Hall–Kier alpha value is -1.69. The smallest absolute Gasteiger partial charge is 0.148 e. The molecule has 0 atom stereocenters. The van der Waals surface area contributed by atoms with E-state index in [0.29, 0.717) is 15.9 Å². The quantitative estimate of drug-likeness (QED) is 0.778. The lowest BCUT2D eigenvalue weighted by atomic mass is 10.2. The highest BCUT2D eigenvalue weighted by atomic mass is 35.5. The molecule has 0 saturated carbocycles. The fourth-order valence-corrected chi connectivity index (χ4v) is 2.81. The van der Waals surface area contributed by atoms with Crippen molar-refractivity contribution in [3.8, 4) is 22.0 Å². The van der Waals surface area contributed by atoms with Crippen molar-refractivity contribution in [3.63, 3.8) is 0 Å². The van der Waals surface area contributed by atoms with Gasteiger partial charge in [-0.1, -0.05) is 11.6 Å². The summed E-state index contributed by atoms with van der Waals surface area (Å²) in [6.07, 6.45) is 3.43. The first kappa shape index (κ1) is 12.3. The van der Waals surface area contributed by atoms with Crippen LogP contribution in [0.3, 0.4) is 0 Å². The Bertz CT molecular complexity index is 693. The summed E-state index contributed by atoms with van der Waals surface area (Å²) in [6.45, 7) is -0.101. The summed E-state index contributed by atoms with van der Waals surface area (Å²) in [7, 11) is 0. The summed E-state index contributed by atoms with van der Waals surface area (Å²) < 4.78 is 0.708. The lowest BCUT2D eigenvalue weighted by Crippen LogP contribution is -1.88. The number of thiophene rings is 1. The second kappa shape index (κ2) is 5.13. The van der Waals surface area contributed by atoms with E-state index in [1.54, 1.807) is 12.4 Å². The number of pyridine rings is 1. The van der Waals surface area contributed by atoms with Gasteiger partial charge >= 0.3 is 0 Å². The van der Waals surface area contributed by atoms with E-state index in [4.69, 9.17) is 11.6 Å². The number of imidazole rings is 1. The van der Waals surface area contributed by atoms with Crippen molar-refractivity contribution in [1.82, 2.24) is 15.0 Å². The maximum atomic E-state index is 9.43. The van der Waals surface area contributed by atoms with Crippen LogP contribution in [0.15, 0.2) is 36.7 Å². The molecule has 0 aliphatic rings. The van der Waals surface area contributed by atoms with E-state index in [1.165, 1.54) is 11.3 Å². The van der Waals surface area contributed by atoms with Crippen LogP contribution in [0.2, 0.25) is 4.34 Å². The van der Waals surface area contributed by atoms with Crippen molar-refractivity contribution in [3.05, 3.63) is 46.7 Å². The number of nitrogens with zero attached hydrogens (tertiary/aromatic N) is 2. The molecule has 0 fully saturated rings. The summed E-state index contributed by atoms with van der Waals surface area (Å²) in [5, 5.41) is 9.43. The average Bonchev–Trinajstić information content (AvgIpc) is 3.05. The Kier molecular flexibility index (Phi) is 3.33. The number of H-pyrrole nitrogens is 1. The van der Waals surface area contributed by atoms with Crippen LogP contribution in [0, 0.1) is 0 Å². The first-order chi connectivity index (χ1) is 9.28. The van der Waals surface area contributed by atoms with Gasteiger partial charge < -0.3 is 10.1 Å². The van der Waals surface area contributed by atoms with Crippen LogP contribution in [-0.4, -0.2) is 20.1 Å². The summed E-state index contributed by atoms with van der Waals surface area (Å²) in [5.74, 6) is 0.708. The number of nitrogens with one attached hydrogen (secondary N) is 1. The van der Waals surface area contributed by atoms with Crippen LogP contribution >= 0.6 is 22.9 Å². The number of halogens is 1. The van der Waals surface area contributed by atoms with Crippen LogP contribution in [0.1, 0.15) is 5.69 Å². The lowest BCUT2D eigenvalue weighted by Gasteiger charge is -1.97. The molecular formula is C13H10ClN3OS. The highest BCUT2D eigenvalue weighted by Crippen LogP contribution is 2.32. The van der Waals surface area contributed by atoms with Gasteiger partial charge in [-0.3, -0.25) is 4.98 Å². The Labute approximate surface area is 118 Å². The van der Waals surface area contributed by atoms with Gasteiger partial charge in [0.15, 0.2) is 0 Å². The fourth-order valence-electron chi connectivity index (χ4n) is 1.82. The SMILES string of the molecule is OCc1[nH]c(-c2ccc(Cl)s2)nc1-c1cccnc1. The van der Waals surface area contributed by atoms with E-state index in [2.05, 4.69) is 15.0 Å². The van der Waals surface area contributed by atoms with Gasteiger partial charge in [0.05, 0.1) is 27.2 Å². The van der Waals surface area contributed by atoms with Crippen molar-refractivity contribution in [1.29, 1.82) is 0 Å². The normalized spacial score (nSPS) is 10.8. The Balaban J connectivity index is 2.09. The first-order valence-corrected chi connectivity index (χ1v) is 6.83. The van der Waals surface area contributed by atoms with E-state index in [9.17, 15) is 5.11 Å². The Morgan fingerprint density at radius 3 is 2.84 bits per heavy atom. The van der Waals surface area contributed by atoms with Crippen LogP contribution in [-0.2, 0) is 6.61 Å². The summed E-state index contributed by atoms with van der Waals surface area (Å²) in [5.41, 5.74) is 2.26. The second-order valence-electron chi connectivity index (χ2n) is 3.92. The molecule has 19 heavy (non-hydrogen) atoms. The van der Waals surface area contributed by atoms with E-state index in [1.807, 2.05) is 24.3 Å². The van der Waals surface area contributed by atoms with Crippen molar-refractivity contribution < 1.29 is 5.11 Å². The predicted molar refractivity (Wildman–Crippen MR) is 76.1 cm³/mol. The molecule has 0 aromatic carbocycles. The highest BCUT2D eigenvalue weighted by Gasteiger charge is 2.14. The topological polar surface area (TPSA) is 61.8 Å². The fraction of sp³-hybridized carbons (Fsp3) is 0.0769. The van der Waals surface area contributed by atoms with Gasteiger partial charge in [0.1, 0.15) is 5.82 Å². The summed E-state index contributed by atoms with van der Waals surface area (Å²) >= 11 is 7.37. The maximum absolute atomic E-state index is 9.43. The number of hydrogen-bond acceptors (Lipinski definition) is 4. The van der Waals surface area contributed by atoms with Crippen LogP contribution in [0.5, 0.6) is 0 Å². The molecule has 3 aromatic rings. The Morgan fingerprint density at radius 2 is 2.21 bits per heavy atom. The van der Waals surface area contributed by atoms with Gasteiger partial charge in [0, 0.05) is 18.0 Å². The van der Waals surface area contributed by atoms with Crippen molar-refractivity contribution in [2.75, 3.05) is 0 Å². The standard InChI is InChI=1S/C13H10ClN3OS/c14-11-4-3-10(19-11)13-16-9(7-18)12(17-13)8-2-1-5-15-6-8/h1-6,18H,7H2,(H,16,17). The van der Waals surface area contributed by atoms with E-state index >= 15 is 0 Å². The number of aliphatic hydroxyl groups is 1. The molecule has 0 amide bonds. The minimum atomic E-state index is -0.101. The molecule has 0 unspecified atom stereocenters. The molecule has 3 aromatic heterocycles. The lowest BCUT2D eigenvalue weighted by molar-refractivity contribution is 0.278. The molecule has 0 saturated heterocycles. The van der Waals surface area contributed by atoms with E-state index < -0.39 is 0 Å². The van der Waals surface area contributed by atoms with Crippen LogP contribution < -0.4 is 0 Å². The molecule has 2 N–H and O–H groups in total. The van der Waals surface area contributed by atoms with Crippen molar-refractivity contribution in [2.45, 2.75) is 6.61 Å². The molecule has 0 spiro atoms. The van der Waals surface area contributed by atoms with Crippen molar-refractivity contribution >= 4 is 22.9 Å². The molecule has 96 valence electrons. The minimum absolute atomic E-state index is 0.101. The zero-order chi connectivity index (χ0) is 13.2. The molecule has 3 heterocycles. The molecule has 4 nitrogen and oxygen atoms in total. The molecule has 0 aliphatic carbocycles. The van der Waals surface area contributed by atoms with Gasteiger partial charge in [-0.05, 0) is 24.3 Å². The van der Waals surface area contributed by atoms with Gasteiger partial charge in [0.2, 0.25) is 0 Å². The third-order valence-corrected chi connectivity index (χ3v) is 3.92. The first-order valence-electron chi connectivity index (χ1n) is 5.64. The number of hydrogen-bond donors (Lipinski definition) is 2. The molecule has 6 heteroatoms. The zero-order valence-corrected chi connectivity index (χ0v) is 11.4. The third-order valence-electron chi connectivity index (χ3n) is 2.68. The average molecular weight is 292 g/mol. The Morgan fingerprint density at radius 1 is 1.32 bits per heavy atom. The molecule has 0 bridgehead atoms. The number of aromatic amines is 1. The number of aliphatic hydroxyl groups excluding tert-OH is 1. The van der Waals surface area contributed by atoms with Gasteiger partial charge in [-0.15, -0.1) is 11.3 Å². The number of rotatable bonds is 3. The van der Waals surface area contributed by atoms with Crippen LogP contribution in [0.25, 0.3) is 22.0 Å².